The third-order valence-electron chi connectivity index (χ3n) is 0.954. The fourth-order valence-electron chi connectivity index (χ4n) is 0.619. The van der Waals surface area contributed by atoms with Crippen LogP contribution in [0.4, 0.5) is 0 Å². The van der Waals surface area contributed by atoms with Gasteiger partial charge in [-0.15, -0.1) is 0 Å². The molecule has 1 aliphatic rings. The molecule has 0 saturated heterocycles. The van der Waals surface area contributed by atoms with Gasteiger partial charge in [0.1, 0.15) is 5.84 Å². The molecule has 3 N–H and O–H groups in total. The van der Waals surface area contributed by atoms with E-state index >= 15 is 0 Å². The molecule has 0 aliphatic carbocycles. The quantitative estimate of drug-likeness (QED) is 0.477. The van der Waals surface area contributed by atoms with Crippen LogP contribution in [-0.4, -0.2) is 18.9 Å². The van der Waals surface area contributed by atoms with Gasteiger partial charge in [-0.2, -0.15) is 0 Å². The summed E-state index contributed by atoms with van der Waals surface area (Å²) >= 11 is 0. The normalized spacial score (nSPS) is 18.8. The zero-order valence-corrected chi connectivity index (χ0v) is 4.59. The average molecular weight is 111 g/mol. The van der Waals surface area contributed by atoms with E-state index in [-0.39, 0.29) is 0 Å². The van der Waals surface area contributed by atoms with Crippen LogP contribution in [0.1, 0.15) is 0 Å². The number of nitrogens with one attached hydrogen (secondary N) is 1. The molecule has 0 fully saturated rings. The Morgan fingerprint density at radius 3 is 3.12 bits per heavy atom. The van der Waals surface area contributed by atoms with E-state index in [1.54, 1.807) is 6.08 Å². The SMILES string of the molecule is N/C=C\C1=NCCN1. The summed E-state index contributed by atoms with van der Waals surface area (Å²) in [5.74, 6) is 0.896. The lowest BCUT2D eigenvalue weighted by atomic mass is 10.5. The molecule has 0 radical (unpaired) electrons. The molecule has 8 heavy (non-hydrogen) atoms. The summed E-state index contributed by atoms with van der Waals surface area (Å²) in [6.07, 6.45) is 3.24. The standard InChI is InChI=1S/C5H9N3/c6-2-1-5-7-3-4-8-5/h1-2H,3-4,6H2,(H,7,8)/b2-1-. The van der Waals surface area contributed by atoms with E-state index in [2.05, 4.69) is 10.3 Å². The van der Waals surface area contributed by atoms with Crippen molar-refractivity contribution >= 4 is 5.84 Å². The highest BCUT2D eigenvalue weighted by molar-refractivity contribution is 5.93. The van der Waals surface area contributed by atoms with Crippen LogP contribution in [-0.2, 0) is 0 Å². The Bertz CT molecular complexity index is 126. The van der Waals surface area contributed by atoms with Crippen LogP contribution in [0.5, 0.6) is 0 Å². The van der Waals surface area contributed by atoms with Crippen LogP contribution < -0.4 is 11.1 Å². The Balaban J connectivity index is 2.45. The zero-order valence-electron chi connectivity index (χ0n) is 4.59. The molecule has 3 heteroatoms. The molecule has 0 aromatic rings. The number of amidine groups is 1. The molecule has 0 saturated carbocycles. The molecule has 0 spiro atoms. The van der Waals surface area contributed by atoms with Crippen LogP contribution in [0.3, 0.4) is 0 Å². The number of hydrogen-bond acceptors (Lipinski definition) is 3. The van der Waals surface area contributed by atoms with Crippen molar-refractivity contribution in [1.29, 1.82) is 0 Å². The number of hydrogen-bond donors (Lipinski definition) is 2. The first-order chi connectivity index (χ1) is 3.93. The smallest absolute Gasteiger partial charge is 0.122 e. The van der Waals surface area contributed by atoms with Gasteiger partial charge >= 0.3 is 0 Å². The molecular weight excluding hydrogens is 102 g/mol. The maximum atomic E-state index is 5.11. The van der Waals surface area contributed by atoms with Gasteiger partial charge in [0.2, 0.25) is 0 Å². The average Bonchev–Trinajstić information content (AvgIpc) is 2.19. The summed E-state index contributed by atoms with van der Waals surface area (Å²) in [5.41, 5.74) is 5.11. The number of nitrogens with two attached hydrogens (primary N) is 1. The molecule has 0 aromatic heterocycles. The van der Waals surface area contributed by atoms with Gasteiger partial charge in [-0.05, 0) is 12.3 Å². The number of rotatable bonds is 1. The minimum atomic E-state index is 0.875. The van der Waals surface area contributed by atoms with Gasteiger partial charge in [0, 0.05) is 6.54 Å². The van der Waals surface area contributed by atoms with Crippen molar-refractivity contribution in [2.75, 3.05) is 13.1 Å². The summed E-state index contributed by atoms with van der Waals surface area (Å²) in [7, 11) is 0. The van der Waals surface area contributed by atoms with E-state index in [0.717, 1.165) is 18.9 Å². The molecule has 1 rings (SSSR count). The third kappa shape index (κ3) is 0.992. The molecule has 1 heterocycles. The van der Waals surface area contributed by atoms with Crippen molar-refractivity contribution in [3.8, 4) is 0 Å². The molecule has 0 unspecified atom stereocenters. The Morgan fingerprint density at radius 1 is 1.75 bits per heavy atom. The predicted octanol–water partition coefficient (Wildman–Crippen LogP) is -0.540. The fraction of sp³-hybridized carbons (Fsp3) is 0.400. The van der Waals surface area contributed by atoms with Crippen molar-refractivity contribution in [2.45, 2.75) is 0 Å². The summed E-state index contributed by atoms with van der Waals surface area (Å²) < 4.78 is 0. The topological polar surface area (TPSA) is 50.4 Å². The van der Waals surface area contributed by atoms with E-state index in [0.29, 0.717) is 0 Å². The van der Waals surface area contributed by atoms with Gasteiger partial charge in [0.05, 0.1) is 6.54 Å². The number of aliphatic imine (C=N–C) groups is 1. The molecule has 1 aliphatic heterocycles. The van der Waals surface area contributed by atoms with E-state index in [1.807, 2.05) is 0 Å². The zero-order chi connectivity index (χ0) is 5.82. The van der Waals surface area contributed by atoms with Crippen molar-refractivity contribution < 1.29 is 0 Å². The number of nitrogens with zero attached hydrogens (tertiary/aromatic N) is 1. The largest absolute Gasteiger partial charge is 0.404 e. The summed E-state index contributed by atoms with van der Waals surface area (Å²) in [5, 5.41) is 3.04. The highest BCUT2D eigenvalue weighted by Crippen LogP contribution is 1.83. The van der Waals surface area contributed by atoms with Crippen LogP contribution in [0.25, 0.3) is 0 Å². The Labute approximate surface area is 48.3 Å². The van der Waals surface area contributed by atoms with Crippen molar-refractivity contribution in [2.24, 2.45) is 10.7 Å². The Morgan fingerprint density at radius 2 is 2.62 bits per heavy atom. The van der Waals surface area contributed by atoms with Crippen molar-refractivity contribution in [3.05, 3.63) is 12.3 Å². The van der Waals surface area contributed by atoms with Crippen molar-refractivity contribution in [1.82, 2.24) is 5.32 Å². The van der Waals surface area contributed by atoms with Gasteiger partial charge in [-0.25, -0.2) is 0 Å². The Hall–Kier alpha value is -0.990. The second-order valence-electron chi connectivity index (χ2n) is 1.55. The maximum absolute atomic E-state index is 5.11. The second kappa shape index (κ2) is 2.35. The molecule has 0 aromatic carbocycles. The van der Waals surface area contributed by atoms with E-state index in [4.69, 9.17) is 5.73 Å². The summed E-state index contributed by atoms with van der Waals surface area (Å²) in [4.78, 5) is 4.06. The minimum absolute atomic E-state index is 0.875. The third-order valence-corrected chi connectivity index (χ3v) is 0.954. The minimum Gasteiger partial charge on any atom is -0.404 e. The van der Waals surface area contributed by atoms with Crippen LogP contribution in [0.2, 0.25) is 0 Å². The van der Waals surface area contributed by atoms with E-state index in [9.17, 15) is 0 Å². The first kappa shape index (κ1) is 5.15. The lowest BCUT2D eigenvalue weighted by Gasteiger charge is -1.88. The van der Waals surface area contributed by atoms with Gasteiger partial charge in [-0.1, -0.05) is 0 Å². The van der Waals surface area contributed by atoms with Crippen LogP contribution in [0.15, 0.2) is 17.3 Å². The summed E-state index contributed by atoms with van der Waals surface area (Å²) in [6, 6.07) is 0. The predicted molar refractivity (Wildman–Crippen MR) is 33.6 cm³/mol. The van der Waals surface area contributed by atoms with Gasteiger partial charge in [-0.3, -0.25) is 4.99 Å². The lowest BCUT2D eigenvalue weighted by molar-refractivity contribution is 0.961. The molecule has 0 amide bonds. The second-order valence-corrected chi connectivity index (χ2v) is 1.55. The molecule has 44 valence electrons. The van der Waals surface area contributed by atoms with Gasteiger partial charge in [0.15, 0.2) is 0 Å². The lowest BCUT2D eigenvalue weighted by Crippen LogP contribution is -2.15. The van der Waals surface area contributed by atoms with Gasteiger partial charge in [0.25, 0.3) is 0 Å². The van der Waals surface area contributed by atoms with Crippen LogP contribution in [0, 0.1) is 0 Å². The molecule has 0 bridgehead atoms. The van der Waals surface area contributed by atoms with E-state index in [1.165, 1.54) is 6.20 Å². The molecule has 3 nitrogen and oxygen atoms in total. The first-order valence-corrected chi connectivity index (χ1v) is 2.60. The van der Waals surface area contributed by atoms with E-state index < -0.39 is 0 Å². The highest BCUT2D eigenvalue weighted by Gasteiger charge is 1.97. The molecular formula is C5H9N3. The molecule has 0 atom stereocenters. The van der Waals surface area contributed by atoms with Crippen molar-refractivity contribution in [3.63, 3.8) is 0 Å². The monoisotopic (exact) mass is 111 g/mol. The summed E-state index contributed by atoms with van der Waals surface area (Å²) in [6.45, 7) is 1.82. The van der Waals surface area contributed by atoms with Gasteiger partial charge < -0.3 is 11.1 Å². The first-order valence-electron chi connectivity index (χ1n) is 2.60. The highest BCUT2D eigenvalue weighted by atomic mass is 15.1. The van der Waals surface area contributed by atoms with Crippen LogP contribution >= 0.6 is 0 Å². The Kier molecular flexibility index (Phi) is 1.51. The maximum Gasteiger partial charge on any atom is 0.122 e. The fourth-order valence-corrected chi connectivity index (χ4v) is 0.619.